The van der Waals surface area contributed by atoms with Gasteiger partial charge in [-0.05, 0) is 60.8 Å². The Hall–Kier alpha value is -3.76. The van der Waals surface area contributed by atoms with Crippen LogP contribution in [0.1, 0.15) is 5.56 Å². The third kappa shape index (κ3) is 6.15. The Morgan fingerprint density at radius 1 is 1.06 bits per heavy atom. The summed E-state index contributed by atoms with van der Waals surface area (Å²) in [5.41, 5.74) is 1.78. The van der Waals surface area contributed by atoms with E-state index >= 15 is 0 Å². The Bertz CT molecular complexity index is 1260. The van der Waals surface area contributed by atoms with Gasteiger partial charge in [-0.1, -0.05) is 18.2 Å². The average molecular weight is 483 g/mol. The van der Waals surface area contributed by atoms with Crippen LogP contribution in [0.3, 0.4) is 0 Å². The number of ether oxygens (including phenoxy) is 1. The van der Waals surface area contributed by atoms with Crippen molar-refractivity contribution in [1.82, 2.24) is 10.3 Å². The van der Waals surface area contributed by atoms with Gasteiger partial charge >= 0.3 is 0 Å². The summed E-state index contributed by atoms with van der Waals surface area (Å²) in [5, 5.41) is 5.48. The van der Waals surface area contributed by atoms with Crippen molar-refractivity contribution in [2.24, 2.45) is 0 Å². The largest absolute Gasteiger partial charge is 0.496 e. The number of pyridine rings is 1. The lowest BCUT2D eigenvalue weighted by atomic mass is 10.2. The molecule has 3 aromatic rings. The van der Waals surface area contributed by atoms with E-state index < -0.39 is 15.9 Å². The summed E-state index contributed by atoms with van der Waals surface area (Å²) in [4.78, 5) is 16.2. The van der Waals surface area contributed by atoms with Crippen LogP contribution in [0.15, 0.2) is 84.0 Å². The van der Waals surface area contributed by atoms with Gasteiger partial charge in [-0.2, -0.15) is 0 Å². The molecule has 0 aliphatic heterocycles. The lowest BCUT2D eigenvalue weighted by Crippen LogP contribution is -2.32. The van der Waals surface area contributed by atoms with E-state index in [2.05, 4.69) is 15.6 Å². The summed E-state index contributed by atoms with van der Waals surface area (Å²) in [5.74, 6) is 0.225. The van der Waals surface area contributed by atoms with Crippen molar-refractivity contribution in [2.45, 2.75) is 4.90 Å². The summed E-state index contributed by atoms with van der Waals surface area (Å²) in [6, 6.07) is 16.6. The molecule has 8 nitrogen and oxygen atoms in total. The molecule has 0 bridgehead atoms. The van der Waals surface area contributed by atoms with E-state index in [1.807, 2.05) is 18.2 Å². The molecule has 0 radical (unpaired) electrons. The summed E-state index contributed by atoms with van der Waals surface area (Å²) >= 11 is 5.17. The molecule has 0 saturated heterocycles. The number of para-hydroxylation sites is 1. The van der Waals surface area contributed by atoms with Gasteiger partial charge in [0.2, 0.25) is 5.91 Å². The number of hydrogen-bond acceptors (Lipinski definition) is 6. The molecular formula is C23H22N4O4S2. The number of nitrogens with zero attached hydrogens (tertiary/aromatic N) is 2. The van der Waals surface area contributed by atoms with Crippen LogP contribution in [0.2, 0.25) is 0 Å². The van der Waals surface area contributed by atoms with Crippen molar-refractivity contribution in [1.29, 1.82) is 0 Å². The highest BCUT2D eigenvalue weighted by atomic mass is 32.2. The minimum atomic E-state index is -3.74. The zero-order valence-electron chi connectivity index (χ0n) is 17.9. The standard InChI is InChI=1S/C23H22N4O4S2/c1-27(19-13-15-24-16-14-19)33(29,30)20-10-8-18(9-11-20)25-23(32)26-22(28)12-7-17-5-3-4-6-21(17)31-2/h3-16H,1-2H3,(H2,25,26,28,32)/b12-7+. The Labute approximate surface area is 198 Å². The van der Waals surface area contributed by atoms with E-state index in [9.17, 15) is 13.2 Å². The van der Waals surface area contributed by atoms with Crippen molar-refractivity contribution in [2.75, 3.05) is 23.8 Å². The molecule has 1 heterocycles. The molecule has 2 N–H and O–H groups in total. The van der Waals surface area contributed by atoms with Gasteiger partial charge in [0.1, 0.15) is 5.75 Å². The number of sulfonamides is 1. The molecule has 0 fully saturated rings. The highest BCUT2D eigenvalue weighted by molar-refractivity contribution is 7.92. The number of nitrogens with one attached hydrogen (secondary N) is 2. The minimum Gasteiger partial charge on any atom is -0.496 e. The van der Waals surface area contributed by atoms with Crippen LogP contribution < -0.4 is 19.7 Å². The maximum atomic E-state index is 12.8. The quantitative estimate of drug-likeness (QED) is 0.393. The molecule has 0 unspecified atom stereocenters. The number of benzene rings is 2. The van der Waals surface area contributed by atoms with Crippen LogP contribution in [0.25, 0.3) is 6.08 Å². The number of amides is 1. The number of rotatable bonds is 7. The zero-order chi connectivity index (χ0) is 23.8. The van der Waals surface area contributed by atoms with Gasteiger partial charge in [-0.25, -0.2) is 8.42 Å². The molecule has 33 heavy (non-hydrogen) atoms. The molecule has 1 aromatic heterocycles. The first kappa shape index (κ1) is 23.9. The lowest BCUT2D eigenvalue weighted by Gasteiger charge is -2.19. The molecule has 10 heteroatoms. The topological polar surface area (TPSA) is 101 Å². The van der Waals surface area contributed by atoms with Gasteiger partial charge in [0.15, 0.2) is 5.11 Å². The van der Waals surface area contributed by atoms with Crippen molar-refractivity contribution in [3.8, 4) is 5.75 Å². The average Bonchev–Trinajstić information content (AvgIpc) is 2.83. The fraction of sp³-hybridized carbons (Fsp3) is 0.0870. The fourth-order valence-corrected chi connectivity index (χ4v) is 4.26. The third-order valence-corrected chi connectivity index (χ3v) is 6.59. The number of carbonyl (C=O) groups excluding carboxylic acids is 1. The fourth-order valence-electron chi connectivity index (χ4n) is 2.85. The first-order valence-corrected chi connectivity index (χ1v) is 11.6. The number of carbonyl (C=O) groups is 1. The Kier molecular flexibility index (Phi) is 7.75. The molecule has 1 amide bonds. The van der Waals surface area contributed by atoms with Crippen molar-refractivity contribution in [3.05, 3.63) is 84.7 Å². The van der Waals surface area contributed by atoms with Gasteiger partial charge in [-0.15, -0.1) is 0 Å². The van der Waals surface area contributed by atoms with Crippen LogP contribution in [0, 0.1) is 0 Å². The molecule has 0 aliphatic carbocycles. The molecule has 0 aliphatic rings. The predicted molar refractivity (Wildman–Crippen MR) is 133 cm³/mol. The molecule has 0 atom stereocenters. The Balaban J connectivity index is 1.61. The van der Waals surface area contributed by atoms with E-state index in [1.54, 1.807) is 43.5 Å². The summed E-state index contributed by atoms with van der Waals surface area (Å²) in [6.45, 7) is 0. The van der Waals surface area contributed by atoms with Crippen LogP contribution in [0.5, 0.6) is 5.75 Å². The second-order valence-corrected chi connectivity index (χ2v) is 9.10. The van der Waals surface area contributed by atoms with E-state index in [0.29, 0.717) is 17.1 Å². The van der Waals surface area contributed by atoms with Crippen molar-refractivity contribution < 1.29 is 17.9 Å². The van der Waals surface area contributed by atoms with E-state index in [-0.39, 0.29) is 10.0 Å². The first-order chi connectivity index (χ1) is 15.8. The predicted octanol–water partition coefficient (Wildman–Crippen LogP) is 3.44. The molecular weight excluding hydrogens is 460 g/mol. The minimum absolute atomic E-state index is 0.0780. The van der Waals surface area contributed by atoms with Gasteiger partial charge in [0.25, 0.3) is 10.0 Å². The van der Waals surface area contributed by atoms with E-state index in [0.717, 1.165) is 5.56 Å². The van der Waals surface area contributed by atoms with Gasteiger partial charge in [0.05, 0.1) is 17.7 Å². The van der Waals surface area contributed by atoms with Crippen molar-refractivity contribution >= 4 is 50.7 Å². The molecule has 2 aromatic carbocycles. The second-order valence-electron chi connectivity index (χ2n) is 6.72. The number of hydrogen-bond donors (Lipinski definition) is 2. The first-order valence-electron chi connectivity index (χ1n) is 9.73. The SMILES string of the molecule is COc1ccccc1/C=C/C(=O)NC(=S)Nc1ccc(S(=O)(=O)N(C)c2ccncc2)cc1. The smallest absolute Gasteiger partial charge is 0.264 e. The van der Waals surface area contributed by atoms with Gasteiger partial charge in [0, 0.05) is 36.8 Å². The monoisotopic (exact) mass is 482 g/mol. The van der Waals surface area contributed by atoms with Crippen LogP contribution >= 0.6 is 12.2 Å². The van der Waals surface area contributed by atoms with Crippen LogP contribution in [0.4, 0.5) is 11.4 Å². The zero-order valence-corrected chi connectivity index (χ0v) is 19.6. The molecule has 0 saturated carbocycles. The number of methoxy groups -OCH3 is 1. The highest BCUT2D eigenvalue weighted by Gasteiger charge is 2.21. The van der Waals surface area contributed by atoms with Gasteiger partial charge < -0.3 is 10.1 Å². The number of anilines is 2. The highest BCUT2D eigenvalue weighted by Crippen LogP contribution is 2.22. The number of aromatic nitrogens is 1. The maximum absolute atomic E-state index is 12.8. The second kappa shape index (κ2) is 10.7. The summed E-state index contributed by atoms with van der Waals surface area (Å²) in [6.07, 6.45) is 6.01. The maximum Gasteiger partial charge on any atom is 0.264 e. The van der Waals surface area contributed by atoms with Gasteiger partial charge in [-0.3, -0.25) is 19.4 Å². The summed E-state index contributed by atoms with van der Waals surface area (Å²) in [7, 11) is -0.713. The van der Waals surface area contributed by atoms with E-state index in [1.165, 1.54) is 42.0 Å². The lowest BCUT2D eigenvalue weighted by molar-refractivity contribution is -0.115. The van der Waals surface area contributed by atoms with Crippen LogP contribution in [-0.2, 0) is 14.8 Å². The van der Waals surface area contributed by atoms with Crippen LogP contribution in [-0.4, -0.2) is 38.6 Å². The molecule has 0 spiro atoms. The Morgan fingerprint density at radius 3 is 2.39 bits per heavy atom. The molecule has 170 valence electrons. The number of thiocarbonyl (C=S) groups is 1. The Morgan fingerprint density at radius 2 is 1.73 bits per heavy atom. The third-order valence-electron chi connectivity index (χ3n) is 4.59. The van der Waals surface area contributed by atoms with E-state index in [4.69, 9.17) is 17.0 Å². The normalized spacial score (nSPS) is 11.1. The molecule has 3 rings (SSSR count). The van der Waals surface area contributed by atoms with Crippen molar-refractivity contribution in [3.63, 3.8) is 0 Å². The summed E-state index contributed by atoms with van der Waals surface area (Å²) < 4.78 is 32.1.